The third kappa shape index (κ3) is 8.67. The number of hydrogen-bond acceptors (Lipinski definition) is 4. The molecule has 232 valence electrons. The van der Waals surface area contributed by atoms with Crippen LogP contribution in [0.2, 0.25) is 0 Å². The quantitative estimate of drug-likeness (QED) is 0.116. The van der Waals surface area contributed by atoms with Gasteiger partial charge in [0.15, 0.2) is 0 Å². The summed E-state index contributed by atoms with van der Waals surface area (Å²) in [5.74, 6) is -1.80. The number of carbonyl (C=O) groups excluding carboxylic acids is 2. The Morgan fingerprint density at radius 3 is 1.21 bits per heavy atom. The van der Waals surface area contributed by atoms with Gasteiger partial charge in [0.1, 0.15) is 0 Å². The predicted molar refractivity (Wildman–Crippen MR) is 170 cm³/mol. The van der Waals surface area contributed by atoms with E-state index < -0.39 is 11.8 Å². The maximum absolute atomic E-state index is 13.7. The van der Waals surface area contributed by atoms with E-state index in [4.69, 9.17) is 9.47 Å². The molecule has 0 N–H and O–H groups in total. The maximum Gasteiger partial charge on any atom is 0.310 e. The van der Waals surface area contributed by atoms with Gasteiger partial charge < -0.3 is 18.4 Å². The smallest absolute Gasteiger partial charge is 0.310 e. The zero-order chi connectivity index (χ0) is 30.6. The molecule has 0 bridgehead atoms. The summed E-state index contributed by atoms with van der Waals surface area (Å²) in [5, 5.41) is 0. The highest BCUT2D eigenvalue weighted by molar-refractivity contribution is 5.85. The van der Waals surface area contributed by atoms with Crippen molar-refractivity contribution in [3.8, 4) is 0 Å². The molecule has 1 aliphatic carbocycles. The summed E-state index contributed by atoms with van der Waals surface area (Å²) in [4.78, 5) is 27.4. The monoisotopic (exact) mass is 580 g/mol. The minimum absolute atomic E-state index is 0.207. The highest BCUT2D eigenvalue weighted by Gasteiger charge is 2.59. The fourth-order valence-electron chi connectivity index (χ4n) is 6.32. The molecule has 0 aromatic heterocycles. The second-order valence-electron chi connectivity index (χ2n) is 12.6. The topological polar surface area (TPSA) is 52.6 Å². The highest BCUT2D eigenvalue weighted by Crippen LogP contribution is 2.58. The van der Waals surface area contributed by atoms with Gasteiger partial charge >= 0.3 is 11.9 Å². The van der Waals surface area contributed by atoms with E-state index in [-0.39, 0.29) is 23.8 Å². The molecule has 0 spiro atoms. The van der Waals surface area contributed by atoms with Gasteiger partial charge in [-0.25, -0.2) is 0 Å². The van der Waals surface area contributed by atoms with E-state index in [1.54, 1.807) is 0 Å². The minimum atomic E-state index is -0.424. The van der Waals surface area contributed by atoms with Crippen molar-refractivity contribution in [3.63, 3.8) is 0 Å². The molecule has 0 atom stereocenters. The number of rotatable bonds is 18. The second-order valence-corrected chi connectivity index (χ2v) is 12.6. The van der Waals surface area contributed by atoms with Crippen LogP contribution in [-0.4, -0.2) is 87.5 Å². The number of hydrogen-bond donors (Lipinski definition) is 0. The predicted octanol–water partition coefficient (Wildman–Crippen LogP) is 6.42. The van der Waals surface area contributed by atoms with Gasteiger partial charge in [0.05, 0.1) is 78.4 Å². The van der Waals surface area contributed by atoms with Crippen LogP contribution in [0.15, 0.2) is 60.7 Å². The lowest BCUT2D eigenvalue weighted by Crippen LogP contribution is -2.52. The minimum Gasteiger partial charge on any atom is -0.465 e. The third-order valence-electron chi connectivity index (χ3n) is 10.2. The van der Waals surface area contributed by atoms with Crippen LogP contribution in [0.5, 0.6) is 0 Å². The molecular weight excluding hydrogens is 524 g/mol. The standard InChI is InChI=1S/C36H56N2O4/c1-7-37(5,8-2)25-17-19-27-41-35(39)33-31(29-21-13-11-14-22-29)34(32(33)30-23-15-12-16-24-30)36(40)42-28-20-18-26-38(6,9-3)10-4/h11-16,21-24,31-34H,7-10,17-20,25-28H2,1-6H3/q+2. The molecular formula is C36H56N2O4+2. The van der Waals surface area contributed by atoms with Crippen LogP contribution >= 0.6 is 0 Å². The first-order valence-electron chi connectivity index (χ1n) is 16.3. The Bertz CT molecular complexity index is 987. The first-order chi connectivity index (χ1) is 20.2. The van der Waals surface area contributed by atoms with Gasteiger partial charge in [-0.15, -0.1) is 0 Å². The molecule has 0 heterocycles. The van der Waals surface area contributed by atoms with E-state index in [1.807, 2.05) is 60.7 Å². The van der Waals surface area contributed by atoms with Gasteiger partial charge in [-0.05, 0) is 64.5 Å². The van der Waals surface area contributed by atoms with Crippen LogP contribution in [0.3, 0.4) is 0 Å². The van der Waals surface area contributed by atoms with Crippen molar-refractivity contribution in [2.24, 2.45) is 11.8 Å². The van der Waals surface area contributed by atoms with Gasteiger partial charge in [-0.3, -0.25) is 9.59 Å². The molecule has 2 aromatic rings. The zero-order valence-electron chi connectivity index (χ0n) is 27.1. The molecule has 1 saturated carbocycles. The second kappa shape index (κ2) is 16.2. The van der Waals surface area contributed by atoms with Crippen molar-refractivity contribution in [1.82, 2.24) is 0 Å². The average molecular weight is 581 g/mol. The van der Waals surface area contributed by atoms with Crippen LogP contribution in [0.1, 0.15) is 76.3 Å². The number of ether oxygens (including phenoxy) is 2. The van der Waals surface area contributed by atoms with E-state index in [1.165, 1.54) is 0 Å². The molecule has 0 saturated heterocycles. The summed E-state index contributed by atoms with van der Waals surface area (Å²) >= 11 is 0. The maximum atomic E-state index is 13.7. The van der Waals surface area contributed by atoms with Crippen molar-refractivity contribution in [3.05, 3.63) is 71.8 Å². The summed E-state index contributed by atoms with van der Waals surface area (Å²) in [6.45, 7) is 16.3. The summed E-state index contributed by atoms with van der Waals surface area (Å²) in [5.41, 5.74) is 1.98. The van der Waals surface area contributed by atoms with Crippen LogP contribution in [0.4, 0.5) is 0 Å². The van der Waals surface area contributed by atoms with Crippen molar-refractivity contribution < 1.29 is 28.0 Å². The molecule has 6 nitrogen and oxygen atoms in total. The molecule has 42 heavy (non-hydrogen) atoms. The number of nitrogens with zero attached hydrogens (tertiary/aromatic N) is 2. The number of carbonyl (C=O) groups is 2. The summed E-state index contributed by atoms with van der Waals surface area (Å²) in [7, 11) is 4.56. The lowest BCUT2D eigenvalue weighted by Gasteiger charge is -2.49. The number of quaternary nitrogens is 2. The molecule has 2 aromatic carbocycles. The van der Waals surface area contributed by atoms with Crippen molar-refractivity contribution in [2.45, 2.75) is 65.2 Å². The van der Waals surface area contributed by atoms with Crippen LogP contribution in [0, 0.1) is 11.8 Å². The molecule has 0 aliphatic heterocycles. The average Bonchev–Trinajstić information content (AvgIpc) is 3.01. The van der Waals surface area contributed by atoms with E-state index in [9.17, 15) is 9.59 Å². The Balaban J connectivity index is 1.72. The molecule has 1 fully saturated rings. The highest BCUT2D eigenvalue weighted by atomic mass is 16.5. The van der Waals surface area contributed by atoms with Gasteiger partial charge in [-0.2, -0.15) is 0 Å². The lowest BCUT2D eigenvalue weighted by atomic mass is 9.52. The molecule has 6 heteroatoms. The van der Waals surface area contributed by atoms with Crippen LogP contribution in [-0.2, 0) is 19.1 Å². The first-order valence-corrected chi connectivity index (χ1v) is 16.3. The third-order valence-corrected chi connectivity index (χ3v) is 10.2. The Hall–Kier alpha value is -2.70. The van der Waals surface area contributed by atoms with Crippen molar-refractivity contribution in [1.29, 1.82) is 0 Å². The van der Waals surface area contributed by atoms with Crippen molar-refractivity contribution in [2.75, 3.05) is 66.6 Å². The molecule has 0 radical (unpaired) electrons. The Kier molecular flexibility index (Phi) is 13.1. The van der Waals surface area contributed by atoms with E-state index in [0.29, 0.717) is 13.2 Å². The summed E-state index contributed by atoms with van der Waals surface area (Å²) in [6, 6.07) is 19.9. The van der Waals surface area contributed by atoms with Gasteiger partial charge in [0, 0.05) is 11.8 Å². The van der Waals surface area contributed by atoms with Crippen LogP contribution < -0.4 is 0 Å². The van der Waals surface area contributed by atoms with Gasteiger partial charge in [0.25, 0.3) is 0 Å². The van der Waals surface area contributed by atoms with Crippen LogP contribution in [0.25, 0.3) is 0 Å². The lowest BCUT2D eigenvalue weighted by molar-refractivity contribution is -0.906. The first kappa shape index (κ1) is 33.8. The van der Waals surface area contributed by atoms with Gasteiger partial charge in [-0.1, -0.05) is 60.7 Å². The Labute approximate surface area is 255 Å². The molecule has 1 aliphatic rings. The number of benzene rings is 2. The van der Waals surface area contributed by atoms with Crippen molar-refractivity contribution >= 4 is 11.9 Å². The normalized spacial score (nSPS) is 20.5. The summed E-state index contributed by atoms with van der Waals surface area (Å²) in [6.07, 6.45) is 3.73. The number of unbranched alkanes of at least 4 members (excludes halogenated alkanes) is 2. The molecule has 0 unspecified atom stereocenters. The SMILES string of the molecule is CC[N+](C)(CC)CCCCOC(=O)C1C(c2ccccc2)C(C(=O)OCCCC[N+](C)(CC)CC)C1c1ccccc1. The van der Waals surface area contributed by atoms with E-state index in [2.05, 4.69) is 41.8 Å². The Morgan fingerprint density at radius 2 is 0.905 bits per heavy atom. The molecule has 3 rings (SSSR count). The van der Waals surface area contributed by atoms with Gasteiger partial charge in [0.2, 0.25) is 0 Å². The van der Waals surface area contributed by atoms with E-state index >= 15 is 0 Å². The Morgan fingerprint density at radius 1 is 0.571 bits per heavy atom. The fourth-order valence-corrected chi connectivity index (χ4v) is 6.32. The number of esters is 2. The van der Waals surface area contributed by atoms with E-state index in [0.717, 1.165) is 85.0 Å². The summed E-state index contributed by atoms with van der Waals surface area (Å²) < 4.78 is 13.9. The largest absolute Gasteiger partial charge is 0.465 e. The fraction of sp³-hybridized carbons (Fsp3) is 0.611. The zero-order valence-corrected chi connectivity index (χ0v) is 27.1. The molecule has 0 amide bonds.